The molecule has 184 valence electrons. The normalized spacial score (nSPS) is 25.0. The maximum atomic E-state index is 12.0. The Hall–Kier alpha value is -1.58. The van der Waals surface area contributed by atoms with E-state index in [-0.39, 0.29) is 18.8 Å². The lowest BCUT2D eigenvalue weighted by atomic mass is 10.2. The summed E-state index contributed by atoms with van der Waals surface area (Å²) >= 11 is 0. The van der Waals surface area contributed by atoms with Crippen LogP contribution in [-0.4, -0.2) is 64.5 Å². The van der Waals surface area contributed by atoms with Crippen LogP contribution < -0.4 is 5.73 Å². The molecule has 1 aliphatic heterocycles. The predicted octanol–water partition coefficient (Wildman–Crippen LogP) is 0.610. The Labute approximate surface area is 185 Å². The number of nitrogens with zero attached hydrogens (tertiary/aromatic N) is 4. The number of hydrogen-bond donors (Lipinski definition) is 5. The van der Waals surface area contributed by atoms with Gasteiger partial charge in [-0.05, 0) is 0 Å². The number of nitrogens with two attached hydrogens (primary N) is 1. The molecule has 0 amide bonds. The van der Waals surface area contributed by atoms with Crippen molar-refractivity contribution in [2.24, 2.45) is 0 Å². The Morgan fingerprint density at radius 3 is 2.58 bits per heavy atom. The molecule has 1 aliphatic rings. The first-order valence-electron chi connectivity index (χ1n) is 8.89. The third-order valence-corrected chi connectivity index (χ3v) is 7.93. The van der Waals surface area contributed by atoms with Gasteiger partial charge in [-0.1, -0.05) is 6.08 Å². The van der Waals surface area contributed by atoms with Gasteiger partial charge in [0.2, 0.25) is 0 Å². The molecule has 3 heterocycles. The molecule has 0 saturated carbocycles. The molecule has 1 saturated heterocycles. The molecular formula is C13H20N5O12P3. The lowest BCUT2D eigenvalue weighted by Crippen LogP contribution is -2.29. The third kappa shape index (κ3) is 6.96. The number of hydrogen-bond acceptors (Lipinski definition) is 12. The highest BCUT2D eigenvalue weighted by atomic mass is 31.3. The summed E-state index contributed by atoms with van der Waals surface area (Å²) in [6.07, 6.45) is 1.93. The number of aromatic nitrogens is 4. The minimum Gasteiger partial charge on any atom is -0.382 e. The van der Waals surface area contributed by atoms with Crippen LogP contribution in [0.5, 0.6) is 0 Å². The van der Waals surface area contributed by atoms with Gasteiger partial charge in [0.25, 0.3) is 0 Å². The van der Waals surface area contributed by atoms with E-state index >= 15 is 0 Å². The topological polar surface area (TPSA) is 248 Å². The van der Waals surface area contributed by atoms with Gasteiger partial charge in [0.05, 0.1) is 25.6 Å². The molecule has 2 unspecified atom stereocenters. The molecule has 0 aliphatic carbocycles. The molecule has 33 heavy (non-hydrogen) atoms. The molecule has 0 radical (unpaired) electrons. The molecule has 1 fully saturated rings. The van der Waals surface area contributed by atoms with E-state index in [9.17, 15) is 23.5 Å². The number of imidazole rings is 1. The fraction of sp³-hybridized carbons (Fsp3) is 0.462. The minimum absolute atomic E-state index is 0.103. The van der Waals surface area contributed by atoms with Crippen LogP contribution in [0.4, 0.5) is 5.82 Å². The summed E-state index contributed by atoms with van der Waals surface area (Å²) in [6, 6.07) is 0. The number of nitrogen functional groups attached to an aromatic ring is 1. The van der Waals surface area contributed by atoms with Crippen molar-refractivity contribution in [1.82, 2.24) is 19.5 Å². The van der Waals surface area contributed by atoms with Gasteiger partial charge in [0.15, 0.2) is 11.5 Å². The second-order valence-electron chi connectivity index (χ2n) is 6.50. The van der Waals surface area contributed by atoms with Gasteiger partial charge in [-0.15, -0.1) is 6.58 Å². The lowest BCUT2D eigenvalue weighted by molar-refractivity contribution is -0.0551. The van der Waals surface area contributed by atoms with Crippen LogP contribution in [-0.2, 0) is 36.3 Å². The van der Waals surface area contributed by atoms with Crippen molar-refractivity contribution in [3.8, 4) is 0 Å². The van der Waals surface area contributed by atoms with E-state index in [0.717, 1.165) is 0 Å². The monoisotopic (exact) mass is 531 g/mol. The SMILES string of the molecule is C=CCO[C@@H]1C[C@H](n2cnc3c(N)ncnc32)O[C@@H]1COP(=O)(O)OP(=O)(O)OP(=O)(O)O. The Balaban J connectivity index is 1.72. The Morgan fingerprint density at radius 1 is 1.18 bits per heavy atom. The van der Waals surface area contributed by atoms with E-state index in [0.29, 0.717) is 11.2 Å². The summed E-state index contributed by atoms with van der Waals surface area (Å²) in [5.74, 6) is 0.153. The van der Waals surface area contributed by atoms with Crippen LogP contribution in [0.3, 0.4) is 0 Å². The molecule has 17 nitrogen and oxygen atoms in total. The number of ether oxygens (including phenoxy) is 2. The first kappa shape index (κ1) is 26.0. The number of phosphoric acid groups is 3. The van der Waals surface area contributed by atoms with Crippen molar-refractivity contribution in [2.45, 2.75) is 24.9 Å². The fourth-order valence-corrected chi connectivity index (χ4v) is 5.97. The highest BCUT2D eigenvalue weighted by Crippen LogP contribution is 2.66. The van der Waals surface area contributed by atoms with E-state index < -0.39 is 48.5 Å². The van der Waals surface area contributed by atoms with Crippen LogP contribution in [0, 0.1) is 0 Å². The summed E-state index contributed by atoms with van der Waals surface area (Å²) in [5.41, 5.74) is 6.47. The second-order valence-corrected chi connectivity index (χ2v) is 10.9. The summed E-state index contributed by atoms with van der Waals surface area (Å²) in [7, 11) is -16.5. The van der Waals surface area contributed by atoms with E-state index in [4.69, 9.17) is 25.0 Å². The zero-order valence-electron chi connectivity index (χ0n) is 16.6. The fourth-order valence-electron chi connectivity index (χ4n) is 2.94. The number of rotatable bonds is 11. The quantitative estimate of drug-likeness (QED) is 0.197. The molecule has 3 rings (SSSR count). The van der Waals surface area contributed by atoms with Gasteiger partial charge in [0, 0.05) is 6.42 Å². The van der Waals surface area contributed by atoms with Gasteiger partial charge in [-0.25, -0.2) is 28.6 Å². The molecule has 0 bridgehead atoms. The molecule has 6 N–H and O–H groups in total. The van der Waals surface area contributed by atoms with Gasteiger partial charge >= 0.3 is 23.5 Å². The first-order chi connectivity index (χ1) is 15.3. The third-order valence-electron chi connectivity index (χ3n) is 4.12. The summed E-state index contributed by atoms with van der Waals surface area (Å²) in [4.78, 5) is 48.2. The van der Waals surface area contributed by atoms with E-state index in [1.807, 2.05) is 0 Å². The minimum atomic E-state index is -5.64. The van der Waals surface area contributed by atoms with Crippen molar-refractivity contribution in [3.05, 3.63) is 25.3 Å². The molecule has 2 aromatic heterocycles. The molecule has 2 aromatic rings. The van der Waals surface area contributed by atoms with Gasteiger partial charge in [-0.2, -0.15) is 8.62 Å². The zero-order valence-corrected chi connectivity index (χ0v) is 19.2. The van der Waals surface area contributed by atoms with Crippen molar-refractivity contribution >= 4 is 40.4 Å². The molecule has 20 heteroatoms. The average Bonchev–Trinajstić information content (AvgIpc) is 3.26. The smallest absolute Gasteiger partial charge is 0.382 e. The second kappa shape index (κ2) is 9.96. The summed E-state index contributed by atoms with van der Waals surface area (Å²) in [6.45, 7) is 2.97. The zero-order chi connectivity index (χ0) is 24.4. The van der Waals surface area contributed by atoms with Crippen LogP contribution in [0.15, 0.2) is 25.3 Å². The molecule has 0 aromatic carbocycles. The van der Waals surface area contributed by atoms with E-state index in [1.165, 1.54) is 18.7 Å². The predicted molar refractivity (Wildman–Crippen MR) is 108 cm³/mol. The maximum Gasteiger partial charge on any atom is 0.490 e. The molecule has 5 atom stereocenters. The summed E-state index contributed by atoms with van der Waals surface area (Å²) in [5, 5.41) is 0. The van der Waals surface area contributed by atoms with Gasteiger partial charge < -0.3 is 34.8 Å². The molecular weight excluding hydrogens is 511 g/mol. The number of phosphoric ester groups is 1. The average molecular weight is 531 g/mol. The van der Waals surface area contributed by atoms with Crippen molar-refractivity contribution in [3.63, 3.8) is 0 Å². The Kier molecular flexibility index (Phi) is 7.86. The standard InChI is InChI=1S/C13H20N5O12P3/c1-2-3-26-8-4-10(18-7-17-11-12(14)15-6-16-13(11)18)28-9(8)5-27-32(22,23)30-33(24,25)29-31(19,20)21/h2,6-10H,1,3-5H2,(H,22,23)(H,24,25)(H2,14,15,16)(H2,19,20,21)/t8-,9-,10-/m1/s1. The van der Waals surface area contributed by atoms with Crippen LogP contribution in [0.2, 0.25) is 0 Å². The van der Waals surface area contributed by atoms with Crippen LogP contribution in [0.25, 0.3) is 11.2 Å². The Morgan fingerprint density at radius 2 is 1.91 bits per heavy atom. The van der Waals surface area contributed by atoms with Crippen molar-refractivity contribution < 1.29 is 55.9 Å². The first-order valence-corrected chi connectivity index (χ1v) is 13.4. The van der Waals surface area contributed by atoms with Crippen molar-refractivity contribution in [1.29, 1.82) is 0 Å². The van der Waals surface area contributed by atoms with Crippen LogP contribution >= 0.6 is 23.5 Å². The van der Waals surface area contributed by atoms with Crippen molar-refractivity contribution in [2.75, 3.05) is 18.9 Å². The van der Waals surface area contributed by atoms with Gasteiger partial charge in [-0.3, -0.25) is 9.09 Å². The van der Waals surface area contributed by atoms with E-state index in [2.05, 4.69) is 34.7 Å². The largest absolute Gasteiger partial charge is 0.490 e. The van der Waals surface area contributed by atoms with E-state index in [1.54, 1.807) is 4.57 Å². The number of fused-ring (bicyclic) bond motifs is 1. The van der Waals surface area contributed by atoms with Crippen LogP contribution in [0.1, 0.15) is 12.6 Å². The van der Waals surface area contributed by atoms with Gasteiger partial charge in [0.1, 0.15) is 24.2 Å². The number of anilines is 1. The highest BCUT2D eigenvalue weighted by Gasteiger charge is 2.43. The Bertz CT molecular complexity index is 1150. The highest BCUT2D eigenvalue weighted by molar-refractivity contribution is 7.66. The summed E-state index contributed by atoms with van der Waals surface area (Å²) < 4.78 is 59.2. The maximum absolute atomic E-state index is 12.0. The molecule has 0 spiro atoms. The lowest BCUT2D eigenvalue weighted by Gasteiger charge is -2.21.